The normalized spacial score (nSPS) is 10.7. The fraction of sp³-hybridized carbons (Fsp3) is 0.385. The van der Waals surface area contributed by atoms with Gasteiger partial charge in [0.15, 0.2) is 0 Å². The standard InChI is InChI=1S/C13H19N3O3/c1-13(2,3)19-12(18)16-10-7-8(14)5-6-9(10)11(17)15-4/h5-7H,14H2,1-4H3,(H,15,17)(H,16,18). The number of carbonyl (C=O) groups is 2. The molecule has 0 saturated carbocycles. The van der Waals surface area contributed by atoms with Gasteiger partial charge in [-0.25, -0.2) is 4.79 Å². The predicted molar refractivity (Wildman–Crippen MR) is 74.1 cm³/mol. The topological polar surface area (TPSA) is 93.5 Å². The summed E-state index contributed by atoms with van der Waals surface area (Å²) < 4.78 is 5.13. The van der Waals surface area contributed by atoms with Gasteiger partial charge in [-0.2, -0.15) is 0 Å². The lowest BCUT2D eigenvalue weighted by molar-refractivity contribution is 0.0636. The second-order valence-electron chi connectivity index (χ2n) is 5.01. The van der Waals surface area contributed by atoms with E-state index in [0.29, 0.717) is 16.9 Å². The molecule has 6 nitrogen and oxygen atoms in total. The zero-order valence-electron chi connectivity index (χ0n) is 11.5. The van der Waals surface area contributed by atoms with Crippen molar-refractivity contribution >= 4 is 23.4 Å². The number of nitrogens with two attached hydrogens (primary N) is 1. The molecule has 0 bridgehead atoms. The number of hydrogen-bond acceptors (Lipinski definition) is 4. The van der Waals surface area contributed by atoms with Crippen LogP contribution in [0.2, 0.25) is 0 Å². The van der Waals surface area contributed by atoms with Crippen LogP contribution in [-0.2, 0) is 4.74 Å². The number of anilines is 2. The lowest BCUT2D eigenvalue weighted by Gasteiger charge is -2.20. The molecule has 0 fully saturated rings. The molecule has 19 heavy (non-hydrogen) atoms. The molecule has 1 aromatic rings. The maximum absolute atomic E-state index is 11.7. The van der Waals surface area contributed by atoms with Crippen molar-refractivity contribution in [1.29, 1.82) is 0 Å². The van der Waals surface area contributed by atoms with E-state index in [1.54, 1.807) is 32.9 Å². The van der Waals surface area contributed by atoms with Gasteiger partial charge in [-0.3, -0.25) is 10.1 Å². The summed E-state index contributed by atoms with van der Waals surface area (Å²) in [6.45, 7) is 5.27. The van der Waals surface area contributed by atoms with Crippen LogP contribution >= 0.6 is 0 Å². The zero-order chi connectivity index (χ0) is 14.6. The summed E-state index contributed by atoms with van der Waals surface area (Å²) in [5.74, 6) is -0.314. The maximum Gasteiger partial charge on any atom is 0.412 e. The molecular weight excluding hydrogens is 246 g/mol. The molecule has 4 N–H and O–H groups in total. The molecule has 0 spiro atoms. The summed E-state index contributed by atoms with van der Waals surface area (Å²) in [6.07, 6.45) is -0.636. The molecule has 0 unspecified atom stereocenters. The highest BCUT2D eigenvalue weighted by Gasteiger charge is 2.18. The highest BCUT2D eigenvalue weighted by Crippen LogP contribution is 2.20. The third kappa shape index (κ3) is 4.50. The average molecular weight is 265 g/mol. The third-order valence-electron chi connectivity index (χ3n) is 2.15. The van der Waals surface area contributed by atoms with Crippen molar-refractivity contribution in [3.8, 4) is 0 Å². The fourth-order valence-corrected chi connectivity index (χ4v) is 1.41. The number of amides is 2. The number of nitrogen functional groups attached to an aromatic ring is 1. The molecule has 0 aliphatic rings. The van der Waals surface area contributed by atoms with Crippen molar-refractivity contribution in [3.05, 3.63) is 23.8 Å². The Hall–Kier alpha value is -2.24. The Kier molecular flexibility index (Phi) is 4.37. The third-order valence-corrected chi connectivity index (χ3v) is 2.15. The van der Waals surface area contributed by atoms with Crippen molar-refractivity contribution in [2.24, 2.45) is 0 Å². The van der Waals surface area contributed by atoms with Crippen LogP contribution in [0.1, 0.15) is 31.1 Å². The van der Waals surface area contributed by atoms with Crippen LogP contribution in [-0.4, -0.2) is 24.6 Å². The second kappa shape index (κ2) is 5.60. The molecule has 0 heterocycles. The van der Waals surface area contributed by atoms with E-state index in [-0.39, 0.29) is 5.91 Å². The lowest BCUT2D eigenvalue weighted by atomic mass is 10.1. The number of nitrogens with one attached hydrogen (secondary N) is 2. The van der Waals surface area contributed by atoms with Crippen molar-refractivity contribution in [1.82, 2.24) is 5.32 Å². The summed E-state index contributed by atoms with van der Waals surface area (Å²) in [6, 6.07) is 4.64. The first-order valence-electron chi connectivity index (χ1n) is 5.84. The van der Waals surface area contributed by atoms with E-state index >= 15 is 0 Å². The van der Waals surface area contributed by atoms with Gasteiger partial charge < -0.3 is 15.8 Å². The van der Waals surface area contributed by atoms with Crippen molar-refractivity contribution in [2.75, 3.05) is 18.1 Å². The van der Waals surface area contributed by atoms with Crippen molar-refractivity contribution in [3.63, 3.8) is 0 Å². The molecule has 1 rings (SSSR count). The summed E-state index contributed by atoms with van der Waals surface area (Å²) in [7, 11) is 1.51. The number of rotatable bonds is 2. The van der Waals surface area contributed by atoms with Crippen LogP contribution in [0.15, 0.2) is 18.2 Å². The smallest absolute Gasteiger partial charge is 0.412 e. The minimum Gasteiger partial charge on any atom is -0.444 e. The first-order valence-corrected chi connectivity index (χ1v) is 5.84. The van der Waals surface area contributed by atoms with Gasteiger partial charge in [-0.15, -0.1) is 0 Å². The number of hydrogen-bond donors (Lipinski definition) is 3. The molecule has 0 atom stereocenters. The highest BCUT2D eigenvalue weighted by molar-refractivity contribution is 6.03. The Balaban J connectivity index is 2.96. The number of benzene rings is 1. The maximum atomic E-state index is 11.7. The van der Waals surface area contributed by atoms with Crippen LogP contribution < -0.4 is 16.4 Å². The Morgan fingerprint density at radius 1 is 1.26 bits per heavy atom. The molecule has 0 aromatic heterocycles. The SMILES string of the molecule is CNC(=O)c1ccc(N)cc1NC(=O)OC(C)(C)C. The van der Waals surface area contributed by atoms with Gasteiger partial charge in [0.2, 0.25) is 0 Å². The molecular formula is C13H19N3O3. The van der Waals surface area contributed by atoms with Gasteiger partial charge in [0.25, 0.3) is 5.91 Å². The first kappa shape index (κ1) is 14.8. The molecule has 104 valence electrons. The quantitative estimate of drug-likeness (QED) is 0.713. The van der Waals surface area contributed by atoms with Crippen LogP contribution in [0.4, 0.5) is 16.2 Å². The minimum absolute atomic E-state index is 0.314. The van der Waals surface area contributed by atoms with Crippen LogP contribution in [0.5, 0.6) is 0 Å². The van der Waals surface area contributed by atoms with E-state index in [9.17, 15) is 9.59 Å². The molecule has 1 aromatic carbocycles. The van der Waals surface area contributed by atoms with Gasteiger partial charge in [0.1, 0.15) is 5.60 Å². The largest absolute Gasteiger partial charge is 0.444 e. The van der Waals surface area contributed by atoms with E-state index in [4.69, 9.17) is 10.5 Å². The molecule has 6 heteroatoms. The summed E-state index contributed by atoms with van der Waals surface area (Å²) in [5, 5.41) is 5.01. The Bertz CT molecular complexity index is 492. The van der Waals surface area contributed by atoms with Crippen molar-refractivity contribution < 1.29 is 14.3 Å². The molecule has 2 amide bonds. The molecule has 0 radical (unpaired) electrons. The lowest BCUT2D eigenvalue weighted by Crippen LogP contribution is -2.28. The summed E-state index contributed by atoms with van der Waals surface area (Å²) >= 11 is 0. The number of carbonyl (C=O) groups excluding carboxylic acids is 2. The van der Waals surface area contributed by atoms with Gasteiger partial charge >= 0.3 is 6.09 Å². The second-order valence-corrected chi connectivity index (χ2v) is 5.01. The highest BCUT2D eigenvalue weighted by atomic mass is 16.6. The molecule has 0 aliphatic carbocycles. The van der Waals surface area contributed by atoms with E-state index in [1.165, 1.54) is 13.1 Å². The number of ether oxygens (including phenoxy) is 1. The summed E-state index contributed by atoms with van der Waals surface area (Å²) in [5.41, 5.74) is 6.11. The van der Waals surface area contributed by atoms with Gasteiger partial charge in [0, 0.05) is 12.7 Å². The minimum atomic E-state index is -0.636. The Morgan fingerprint density at radius 2 is 1.89 bits per heavy atom. The van der Waals surface area contributed by atoms with E-state index in [0.717, 1.165) is 0 Å². The fourth-order valence-electron chi connectivity index (χ4n) is 1.41. The van der Waals surface area contributed by atoms with Gasteiger partial charge in [-0.05, 0) is 39.0 Å². The van der Waals surface area contributed by atoms with E-state index in [2.05, 4.69) is 10.6 Å². The molecule has 0 saturated heterocycles. The van der Waals surface area contributed by atoms with Gasteiger partial charge in [0.05, 0.1) is 11.3 Å². The predicted octanol–water partition coefficient (Wildman–Crippen LogP) is 1.98. The molecule has 0 aliphatic heterocycles. The van der Waals surface area contributed by atoms with Crippen LogP contribution in [0, 0.1) is 0 Å². The average Bonchev–Trinajstić information content (AvgIpc) is 2.25. The van der Waals surface area contributed by atoms with E-state index in [1.807, 2.05) is 0 Å². The monoisotopic (exact) mass is 265 g/mol. The zero-order valence-corrected chi connectivity index (χ0v) is 11.5. The van der Waals surface area contributed by atoms with Crippen LogP contribution in [0.3, 0.4) is 0 Å². The summed E-state index contributed by atoms with van der Waals surface area (Å²) in [4.78, 5) is 23.4. The van der Waals surface area contributed by atoms with Crippen molar-refractivity contribution in [2.45, 2.75) is 26.4 Å². The van der Waals surface area contributed by atoms with Crippen LogP contribution in [0.25, 0.3) is 0 Å². The van der Waals surface area contributed by atoms with Gasteiger partial charge in [-0.1, -0.05) is 0 Å². The first-order chi connectivity index (χ1) is 8.73. The Labute approximate surface area is 112 Å². The van der Waals surface area contributed by atoms with E-state index < -0.39 is 11.7 Å². The Morgan fingerprint density at radius 3 is 2.42 bits per heavy atom.